The van der Waals surface area contributed by atoms with Crippen LogP contribution in [0.1, 0.15) is 0 Å². The maximum Gasteiger partial charge on any atom is 0.0965 e. The SMILES string of the molecule is CN(C)N=[N+]([O-])[O-]. The molecule has 0 unspecified atom stereocenters. The highest BCUT2D eigenvalue weighted by Gasteiger charge is 1.79. The Balaban J connectivity index is 3.45. The number of hydrogen-bond acceptors (Lipinski definition) is 3. The van der Waals surface area contributed by atoms with Crippen molar-refractivity contribution in [3.8, 4) is 0 Å². The van der Waals surface area contributed by atoms with Gasteiger partial charge in [-0.2, -0.15) is 10.0 Å². The molecule has 0 rings (SSSR count). The molecule has 0 aliphatic rings. The van der Waals surface area contributed by atoms with Crippen molar-refractivity contribution in [1.29, 1.82) is 0 Å². The largest absolute Gasteiger partial charge is 0.692 e. The van der Waals surface area contributed by atoms with Crippen LogP contribution in [0.2, 0.25) is 0 Å². The molecule has 0 fully saturated rings. The van der Waals surface area contributed by atoms with Gasteiger partial charge in [-0.15, -0.1) is 0 Å². The van der Waals surface area contributed by atoms with Gasteiger partial charge < -0.3 is 10.4 Å². The summed E-state index contributed by atoms with van der Waals surface area (Å²) in [7, 11) is 2.98. The van der Waals surface area contributed by atoms with Gasteiger partial charge in [0.1, 0.15) is 0 Å². The molecule has 0 aromatic heterocycles. The average molecular weight is 104 g/mol. The summed E-state index contributed by atoms with van der Waals surface area (Å²) in [5, 5.41) is 22.0. The normalized spacial score (nSPS) is 7.71. The molecule has 7 heavy (non-hydrogen) atoms. The van der Waals surface area contributed by atoms with Crippen LogP contribution in [0.3, 0.4) is 0 Å². The Bertz CT molecular complexity index is 75.0. The van der Waals surface area contributed by atoms with Crippen molar-refractivity contribution < 1.29 is 5.02 Å². The quantitative estimate of drug-likeness (QED) is 0.345. The van der Waals surface area contributed by atoms with Crippen LogP contribution in [-0.2, 0) is 0 Å². The van der Waals surface area contributed by atoms with Crippen molar-refractivity contribution in [2.24, 2.45) is 5.22 Å². The van der Waals surface area contributed by atoms with Gasteiger partial charge in [0.05, 0.1) is 19.3 Å². The Hall–Kier alpha value is -1.00. The summed E-state index contributed by atoms with van der Waals surface area (Å²) in [6.07, 6.45) is 0. The number of rotatable bonds is 1. The van der Waals surface area contributed by atoms with Gasteiger partial charge in [0, 0.05) is 0 Å². The van der Waals surface area contributed by atoms with E-state index in [9.17, 15) is 10.4 Å². The highest BCUT2D eigenvalue weighted by atomic mass is 16.8. The van der Waals surface area contributed by atoms with Gasteiger partial charge in [-0.25, -0.2) is 0 Å². The van der Waals surface area contributed by atoms with Crippen LogP contribution in [0.5, 0.6) is 0 Å². The van der Waals surface area contributed by atoms with Gasteiger partial charge in [-0.05, 0) is 0 Å². The van der Waals surface area contributed by atoms with Gasteiger partial charge in [-0.1, -0.05) is 0 Å². The molecule has 0 radical (unpaired) electrons. The third-order valence-corrected chi connectivity index (χ3v) is 0.252. The number of nitrogens with zero attached hydrogens (tertiary/aromatic N) is 3. The summed E-state index contributed by atoms with van der Waals surface area (Å²) >= 11 is 0. The van der Waals surface area contributed by atoms with Crippen molar-refractivity contribution in [2.45, 2.75) is 0 Å². The second kappa shape index (κ2) is 2.22. The molecular weight excluding hydrogens is 98.0 g/mol. The van der Waals surface area contributed by atoms with E-state index in [0.29, 0.717) is 0 Å². The van der Waals surface area contributed by atoms with Crippen LogP contribution in [0.25, 0.3) is 0 Å². The average Bonchev–Trinajstić information content (AvgIpc) is 1.27. The molecule has 5 nitrogen and oxygen atoms in total. The minimum Gasteiger partial charge on any atom is -0.692 e. The van der Waals surface area contributed by atoms with Crippen LogP contribution in [0, 0.1) is 10.4 Å². The molecule has 0 aliphatic heterocycles. The molecule has 0 saturated carbocycles. The first kappa shape index (κ1) is 6.00. The van der Waals surface area contributed by atoms with Crippen LogP contribution in [0.15, 0.2) is 5.22 Å². The second-order valence-corrected chi connectivity index (χ2v) is 1.17. The Morgan fingerprint density at radius 3 is 1.86 bits per heavy atom. The molecule has 0 spiro atoms. The molecule has 0 bridgehead atoms. The molecule has 0 amide bonds. The molecule has 0 atom stereocenters. The zero-order valence-electron chi connectivity index (χ0n) is 4.16. The maximum absolute atomic E-state index is 9.41. The zero-order chi connectivity index (χ0) is 5.86. The standard InChI is InChI=1S/C2H6N3O2/c1-4(2)3-5(6)7/h1-2H3/q-1. The minimum absolute atomic E-state index is 0.750. The van der Waals surface area contributed by atoms with Gasteiger partial charge in [0.15, 0.2) is 0 Å². The minimum atomic E-state index is -0.750. The Morgan fingerprint density at radius 1 is 1.43 bits per heavy atom. The summed E-state index contributed by atoms with van der Waals surface area (Å²) in [6, 6.07) is 0. The molecule has 0 aromatic carbocycles. The molecule has 0 aromatic rings. The Kier molecular flexibility index (Phi) is 1.90. The van der Waals surface area contributed by atoms with Gasteiger partial charge in [0.2, 0.25) is 0 Å². The molecule has 0 aliphatic carbocycles. The Labute approximate surface area is 41.0 Å². The van der Waals surface area contributed by atoms with Crippen molar-refractivity contribution >= 4 is 0 Å². The van der Waals surface area contributed by atoms with E-state index in [0.717, 1.165) is 5.01 Å². The summed E-state index contributed by atoms with van der Waals surface area (Å²) in [4.78, 5) is 0. The summed E-state index contributed by atoms with van der Waals surface area (Å²) < 4.78 is 0. The van der Waals surface area contributed by atoms with Crippen LogP contribution < -0.4 is 0 Å². The second-order valence-electron chi connectivity index (χ2n) is 1.17. The number of hydrogen-bond donors (Lipinski definition) is 0. The van der Waals surface area contributed by atoms with Crippen molar-refractivity contribution in [2.75, 3.05) is 14.1 Å². The smallest absolute Gasteiger partial charge is 0.0965 e. The molecule has 5 heteroatoms. The van der Waals surface area contributed by atoms with Crippen molar-refractivity contribution in [3.63, 3.8) is 0 Å². The molecule has 0 saturated heterocycles. The summed E-state index contributed by atoms with van der Waals surface area (Å²) in [5.41, 5.74) is 0. The molecular formula is C2H6N3O2-. The molecule has 0 heterocycles. The topological polar surface area (TPSA) is 64.7 Å². The monoisotopic (exact) mass is 104 g/mol. The van der Waals surface area contributed by atoms with E-state index in [-0.39, 0.29) is 0 Å². The maximum atomic E-state index is 9.41. The van der Waals surface area contributed by atoms with E-state index < -0.39 is 5.02 Å². The van der Waals surface area contributed by atoms with Crippen LogP contribution in [0.4, 0.5) is 0 Å². The van der Waals surface area contributed by atoms with Crippen molar-refractivity contribution in [1.82, 2.24) is 5.01 Å². The highest BCUT2D eigenvalue weighted by molar-refractivity contribution is 4.11. The van der Waals surface area contributed by atoms with Crippen LogP contribution >= 0.6 is 0 Å². The molecule has 0 N–H and O–H groups in total. The first-order chi connectivity index (χ1) is 3.13. The fraction of sp³-hybridized carbons (Fsp3) is 1.00. The van der Waals surface area contributed by atoms with Gasteiger partial charge in [-0.3, -0.25) is 0 Å². The summed E-state index contributed by atoms with van der Waals surface area (Å²) in [5.74, 6) is 0. The van der Waals surface area contributed by atoms with Crippen molar-refractivity contribution in [3.05, 3.63) is 10.4 Å². The lowest BCUT2D eigenvalue weighted by molar-refractivity contribution is -0.476. The van der Waals surface area contributed by atoms with E-state index in [1.807, 2.05) is 0 Å². The summed E-state index contributed by atoms with van der Waals surface area (Å²) in [6.45, 7) is 0. The zero-order valence-corrected chi connectivity index (χ0v) is 4.16. The van der Waals surface area contributed by atoms with Gasteiger partial charge >= 0.3 is 0 Å². The predicted molar refractivity (Wildman–Crippen MR) is 23.1 cm³/mol. The van der Waals surface area contributed by atoms with E-state index in [1.165, 1.54) is 14.1 Å². The lowest BCUT2D eigenvalue weighted by Gasteiger charge is -2.07. The fourth-order valence-corrected chi connectivity index (χ4v) is 0.146. The lowest BCUT2D eigenvalue weighted by Crippen LogP contribution is -2.04. The lowest BCUT2D eigenvalue weighted by atomic mass is 11.2. The van der Waals surface area contributed by atoms with E-state index in [2.05, 4.69) is 5.22 Å². The van der Waals surface area contributed by atoms with E-state index in [4.69, 9.17) is 0 Å². The van der Waals surface area contributed by atoms with Gasteiger partial charge in [0.25, 0.3) is 0 Å². The third-order valence-electron chi connectivity index (χ3n) is 0.252. The molecule has 42 valence electrons. The first-order valence-corrected chi connectivity index (χ1v) is 1.66. The fourth-order valence-electron chi connectivity index (χ4n) is 0.146. The first-order valence-electron chi connectivity index (χ1n) is 1.66. The third kappa shape index (κ3) is 5.00. The van der Waals surface area contributed by atoms with Crippen LogP contribution in [-0.4, -0.2) is 24.1 Å². The van der Waals surface area contributed by atoms with E-state index >= 15 is 0 Å². The highest BCUT2D eigenvalue weighted by Crippen LogP contribution is 1.73. The predicted octanol–water partition coefficient (Wildman–Crippen LogP) is -0.0767. The van der Waals surface area contributed by atoms with E-state index in [1.54, 1.807) is 0 Å². The Morgan fingerprint density at radius 2 is 1.86 bits per heavy atom.